The van der Waals surface area contributed by atoms with Crippen molar-refractivity contribution < 1.29 is 18.7 Å². The van der Waals surface area contributed by atoms with Crippen LogP contribution >= 0.6 is 11.8 Å². The van der Waals surface area contributed by atoms with Gasteiger partial charge in [-0.25, -0.2) is 4.79 Å². The van der Waals surface area contributed by atoms with Crippen molar-refractivity contribution in [2.24, 2.45) is 0 Å². The Hall–Kier alpha value is -1.17. The molecule has 0 unspecified atom stereocenters. The molecule has 0 amide bonds. The molecule has 0 aliphatic rings. The highest BCUT2D eigenvalue weighted by molar-refractivity contribution is 7.99. The summed E-state index contributed by atoms with van der Waals surface area (Å²) in [4.78, 5) is 14.4. The summed E-state index contributed by atoms with van der Waals surface area (Å²) in [5.41, 5.74) is 0.319. The van der Waals surface area contributed by atoms with E-state index >= 15 is 0 Å². The fourth-order valence-electron chi connectivity index (χ4n) is 0.845. The molecule has 0 spiro atoms. The number of aromatic nitrogens is 1. The minimum absolute atomic E-state index is 0.0845. The maximum absolute atomic E-state index is 12.0. The number of aromatic carboxylic acids is 1. The first kappa shape index (κ1) is 10.9. The molecule has 6 heteroatoms. The Morgan fingerprint density at radius 3 is 2.79 bits per heavy atom. The van der Waals surface area contributed by atoms with E-state index in [1.165, 1.54) is 6.07 Å². The number of halogens is 2. The van der Waals surface area contributed by atoms with E-state index in [4.69, 9.17) is 5.11 Å². The van der Waals surface area contributed by atoms with E-state index in [-0.39, 0.29) is 10.5 Å². The molecule has 0 saturated heterocycles. The number of carboxylic acid groups (broad SMARTS) is 1. The third-order valence-electron chi connectivity index (χ3n) is 1.50. The lowest BCUT2D eigenvalue weighted by Crippen LogP contribution is -1.99. The van der Waals surface area contributed by atoms with Crippen molar-refractivity contribution >= 4 is 17.7 Å². The molecule has 0 aliphatic heterocycles. The summed E-state index contributed by atoms with van der Waals surface area (Å²) in [6.45, 7) is 1.55. The molecule has 0 radical (unpaired) electrons. The second-order valence-electron chi connectivity index (χ2n) is 2.49. The van der Waals surface area contributed by atoms with E-state index in [1.807, 2.05) is 0 Å². The maximum Gasteiger partial charge on any atom is 0.337 e. The molecule has 1 aromatic rings. The van der Waals surface area contributed by atoms with Gasteiger partial charge in [0, 0.05) is 11.1 Å². The Labute approximate surface area is 83.2 Å². The number of carboxylic acids is 1. The van der Waals surface area contributed by atoms with Crippen LogP contribution in [0.2, 0.25) is 0 Å². The van der Waals surface area contributed by atoms with Gasteiger partial charge in [-0.3, -0.25) is 4.98 Å². The van der Waals surface area contributed by atoms with Crippen LogP contribution in [0, 0.1) is 6.92 Å². The highest BCUT2D eigenvalue weighted by atomic mass is 32.2. The molecule has 0 atom stereocenters. The zero-order chi connectivity index (χ0) is 10.7. The van der Waals surface area contributed by atoms with Crippen LogP contribution in [0.1, 0.15) is 16.1 Å². The Morgan fingerprint density at radius 2 is 2.29 bits per heavy atom. The molecule has 0 aliphatic carbocycles. The summed E-state index contributed by atoms with van der Waals surface area (Å²) >= 11 is 0.297. The molecule has 0 fully saturated rings. The number of carbonyl (C=O) groups is 1. The molecular formula is C8H7F2NO2S. The predicted octanol–water partition coefficient (Wildman–Crippen LogP) is 2.40. The fourth-order valence-corrected chi connectivity index (χ4v) is 1.46. The van der Waals surface area contributed by atoms with Gasteiger partial charge in [0.15, 0.2) is 0 Å². The number of pyridine rings is 1. The van der Waals surface area contributed by atoms with Crippen LogP contribution in [0.15, 0.2) is 17.2 Å². The fraction of sp³-hybridized carbons (Fsp3) is 0.250. The second-order valence-corrected chi connectivity index (χ2v) is 3.52. The third kappa shape index (κ3) is 2.66. The number of hydrogen-bond acceptors (Lipinski definition) is 3. The van der Waals surface area contributed by atoms with Crippen LogP contribution in [-0.4, -0.2) is 21.8 Å². The zero-order valence-corrected chi connectivity index (χ0v) is 8.02. The van der Waals surface area contributed by atoms with E-state index in [1.54, 1.807) is 6.92 Å². The molecule has 0 aromatic carbocycles. The van der Waals surface area contributed by atoms with E-state index in [2.05, 4.69) is 4.98 Å². The van der Waals surface area contributed by atoms with Gasteiger partial charge < -0.3 is 5.11 Å². The lowest BCUT2D eigenvalue weighted by molar-refractivity contribution is 0.0696. The standard InChI is InChI=1S/C8H7F2NO2S/c1-4-6(14-8(9)10)2-5(3-11-4)7(12)13/h2-3,8H,1H3,(H,12,13). The Balaban J connectivity index is 3.02. The minimum Gasteiger partial charge on any atom is -0.478 e. The van der Waals surface area contributed by atoms with Gasteiger partial charge in [-0.2, -0.15) is 8.78 Å². The summed E-state index contributed by atoms with van der Waals surface area (Å²) < 4.78 is 24.0. The van der Waals surface area contributed by atoms with Gasteiger partial charge in [0.2, 0.25) is 0 Å². The van der Waals surface area contributed by atoms with Gasteiger partial charge in [0.1, 0.15) is 0 Å². The Morgan fingerprint density at radius 1 is 1.64 bits per heavy atom. The number of hydrogen-bond donors (Lipinski definition) is 1. The van der Waals surface area contributed by atoms with E-state index in [9.17, 15) is 13.6 Å². The molecule has 3 nitrogen and oxygen atoms in total. The first-order valence-corrected chi connectivity index (χ1v) is 4.53. The predicted molar refractivity (Wildman–Crippen MR) is 47.8 cm³/mol. The van der Waals surface area contributed by atoms with Gasteiger partial charge in [-0.15, -0.1) is 0 Å². The van der Waals surface area contributed by atoms with Crippen LogP contribution < -0.4 is 0 Å². The van der Waals surface area contributed by atoms with Crippen molar-refractivity contribution in [3.05, 3.63) is 23.5 Å². The van der Waals surface area contributed by atoms with Crippen molar-refractivity contribution in [2.45, 2.75) is 17.6 Å². The van der Waals surface area contributed by atoms with Crippen LogP contribution in [0.3, 0.4) is 0 Å². The van der Waals surface area contributed by atoms with Crippen molar-refractivity contribution in [3.8, 4) is 0 Å². The van der Waals surface area contributed by atoms with Gasteiger partial charge in [0.05, 0.1) is 11.3 Å². The van der Waals surface area contributed by atoms with Crippen molar-refractivity contribution in [1.82, 2.24) is 4.98 Å². The molecule has 1 heterocycles. The smallest absolute Gasteiger partial charge is 0.337 e. The quantitative estimate of drug-likeness (QED) is 0.793. The van der Waals surface area contributed by atoms with Crippen LogP contribution in [0.25, 0.3) is 0 Å². The van der Waals surface area contributed by atoms with Crippen LogP contribution in [-0.2, 0) is 0 Å². The third-order valence-corrected chi connectivity index (χ3v) is 2.35. The van der Waals surface area contributed by atoms with Gasteiger partial charge in [-0.1, -0.05) is 11.8 Å². The highest BCUT2D eigenvalue weighted by Crippen LogP contribution is 2.27. The topological polar surface area (TPSA) is 50.2 Å². The minimum atomic E-state index is -2.57. The summed E-state index contributed by atoms with van der Waals surface area (Å²) in [5, 5.41) is 8.60. The highest BCUT2D eigenvalue weighted by Gasteiger charge is 2.12. The monoisotopic (exact) mass is 219 g/mol. The number of aryl methyl sites for hydroxylation is 1. The van der Waals surface area contributed by atoms with E-state index in [0.717, 1.165) is 6.20 Å². The summed E-state index contributed by atoms with van der Waals surface area (Å²) in [7, 11) is 0. The molecule has 0 saturated carbocycles. The molecular weight excluding hydrogens is 212 g/mol. The number of nitrogens with zero attached hydrogens (tertiary/aromatic N) is 1. The van der Waals surface area contributed by atoms with Gasteiger partial charge >= 0.3 is 5.97 Å². The second kappa shape index (κ2) is 4.36. The molecule has 14 heavy (non-hydrogen) atoms. The molecule has 1 aromatic heterocycles. The lowest BCUT2D eigenvalue weighted by atomic mass is 10.2. The molecule has 76 valence electrons. The average Bonchev–Trinajstić information content (AvgIpc) is 2.07. The summed E-state index contributed by atoms with van der Waals surface area (Å²) in [5.74, 6) is -3.74. The SMILES string of the molecule is Cc1ncc(C(=O)O)cc1SC(F)F. The van der Waals surface area contributed by atoms with Crippen LogP contribution in [0.4, 0.5) is 8.78 Å². The number of thioether (sulfide) groups is 1. The largest absolute Gasteiger partial charge is 0.478 e. The van der Waals surface area contributed by atoms with Crippen molar-refractivity contribution in [3.63, 3.8) is 0 Å². The molecule has 1 N–H and O–H groups in total. The number of rotatable bonds is 3. The first-order chi connectivity index (χ1) is 6.50. The van der Waals surface area contributed by atoms with E-state index in [0.29, 0.717) is 17.5 Å². The van der Waals surface area contributed by atoms with Gasteiger partial charge in [-0.05, 0) is 13.0 Å². The lowest BCUT2D eigenvalue weighted by Gasteiger charge is -2.04. The first-order valence-electron chi connectivity index (χ1n) is 3.65. The Bertz CT molecular complexity index is 357. The van der Waals surface area contributed by atoms with E-state index < -0.39 is 11.7 Å². The summed E-state index contributed by atoms with van der Waals surface area (Å²) in [6, 6.07) is 1.20. The molecule has 1 rings (SSSR count). The maximum atomic E-state index is 12.0. The average molecular weight is 219 g/mol. The zero-order valence-electron chi connectivity index (χ0n) is 7.20. The normalized spacial score (nSPS) is 10.6. The van der Waals surface area contributed by atoms with Crippen molar-refractivity contribution in [2.75, 3.05) is 0 Å². The summed E-state index contributed by atoms with van der Waals surface area (Å²) in [6.07, 6.45) is 1.15. The van der Waals surface area contributed by atoms with Gasteiger partial charge in [0.25, 0.3) is 5.76 Å². The molecule has 0 bridgehead atoms. The number of alkyl halides is 2. The Kier molecular flexibility index (Phi) is 3.40. The van der Waals surface area contributed by atoms with Crippen LogP contribution in [0.5, 0.6) is 0 Å². The van der Waals surface area contributed by atoms with Crippen molar-refractivity contribution in [1.29, 1.82) is 0 Å².